The third-order valence-electron chi connectivity index (χ3n) is 3.51. The lowest BCUT2D eigenvalue weighted by molar-refractivity contribution is -0.127. The van der Waals surface area contributed by atoms with E-state index in [4.69, 9.17) is 0 Å². The van der Waals surface area contributed by atoms with E-state index in [9.17, 15) is 4.79 Å². The molecule has 0 fully saturated rings. The van der Waals surface area contributed by atoms with Gasteiger partial charge in [0.1, 0.15) is 0 Å². The molecule has 0 aliphatic carbocycles. The number of aromatic nitrogens is 3. The van der Waals surface area contributed by atoms with E-state index < -0.39 is 0 Å². The van der Waals surface area contributed by atoms with Crippen LogP contribution in [0.1, 0.15) is 25.8 Å². The summed E-state index contributed by atoms with van der Waals surface area (Å²) in [6, 6.07) is 8.25. The van der Waals surface area contributed by atoms with Crippen molar-refractivity contribution in [3.8, 4) is 11.4 Å². The minimum atomic E-state index is -0.185. The Balaban J connectivity index is 2.33. The van der Waals surface area contributed by atoms with Crippen LogP contribution in [0.5, 0.6) is 0 Å². The highest BCUT2D eigenvalue weighted by molar-refractivity contribution is 8.00. The molecule has 23 heavy (non-hydrogen) atoms. The topological polar surface area (TPSA) is 51.0 Å². The Morgan fingerprint density at radius 3 is 2.70 bits per heavy atom. The molecule has 0 saturated carbocycles. The van der Waals surface area contributed by atoms with E-state index in [1.165, 1.54) is 17.3 Å². The van der Waals surface area contributed by atoms with Crippen molar-refractivity contribution in [1.82, 2.24) is 19.7 Å². The zero-order valence-electron chi connectivity index (χ0n) is 14.4. The summed E-state index contributed by atoms with van der Waals surface area (Å²) in [6.45, 7) is 6.94. The number of amides is 1. The van der Waals surface area contributed by atoms with Crippen LogP contribution in [0.4, 0.5) is 0 Å². The molecule has 0 bridgehead atoms. The van der Waals surface area contributed by atoms with E-state index >= 15 is 0 Å². The lowest BCUT2D eigenvalue weighted by Gasteiger charge is -2.16. The molecule has 6 heteroatoms. The lowest BCUT2D eigenvalue weighted by Crippen LogP contribution is -2.29. The zero-order valence-corrected chi connectivity index (χ0v) is 15.2. The SMILES string of the molecule is CCCn1c(SC(C)C(=O)N(C)C)nnc1-c1cccc(C)c1. The number of hydrogen-bond donors (Lipinski definition) is 0. The van der Waals surface area contributed by atoms with Crippen LogP contribution in [0, 0.1) is 6.92 Å². The molecule has 1 aromatic heterocycles. The number of rotatable bonds is 6. The van der Waals surface area contributed by atoms with Crippen LogP contribution in [0.2, 0.25) is 0 Å². The quantitative estimate of drug-likeness (QED) is 0.762. The predicted molar refractivity (Wildman–Crippen MR) is 94.5 cm³/mol. The van der Waals surface area contributed by atoms with Crippen molar-refractivity contribution in [1.29, 1.82) is 0 Å². The summed E-state index contributed by atoms with van der Waals surface area (Å²) < 4.78 is 2.11. The van der Waals surface area contributed by atoms with E-state index in [1.807, 2.05) is 19.1 Å². The van der Waals surface area contributed by atoms with Crippen molar-refractivity contribution >= 4 is 17.7 Å². The van der Waals surface area contributed by atoms with Crippen LogP contribution in [0.25, 0.3) is 11.4 Å². The summed E-state index contributed by atoms with van der Waals surface area (Å²) >= 11 is 1.46. The molecule has 0 spiro atoms. The molecule has 0 saturated heterocycles. The molecule has 124 valence electrons. The molecule has 0 N–H and O–H groups in total. The van der Waals surface area contributed by atoms with Crippen LogP contribution in [-0.4, -0.2) is 44.9 Å². The van der Waals surface area contributed by atoms with Gasteiger partial charge in [0.15, 0.2) is 11.0 Å². The molecule has 1 atom stereocenters. The van der Waals surface area contributed by atoms with Gasteiger partial charge in [-0.05, 0) is 26.3 Å². The fourth-order valence-electron chi connectivity index (χ4n) is 2.37. The predicted octanol–water partition coefficient (Wildman–Crippen LogP) is 3.23. The summed E-state index contributed by atoms with van der Waals surface area (Å²) in [6.07, 6.45) is 0.987. The molecular weight excluding hydrogens is 308 g/mol. The van der Waals surface area contributed by atoms with Gasteiger partial charge in [0.2, 0.25) is 5.91 Å². The first-order chi connectivity index (χ1) is 10.9. The highest BCUT2D eigenvalue weighted by Gasteiger charge is 2.21. The van der Waals surface area contributed by atoms with E-state index in [0.29, 0.717) is 0 Å². The van der Waals surface area contributed by atoms with Gasteiger partial charge in [0.05, 0.1) is 5.25 Å². The molecular formula is C17H24N4OS. The fourth-order valence-corrected chi connectivity index (χ4v) is 3.39. The first kappa shape index (κ1) is 17.5. The van der Waals surface area contributed by atoms with Crippen molar-refractivity contribution in [2.24, 2.45) is 0 Å². The molecule has 0 aliphatic heterocycles. The smallest absolute Gasteiger partial charge is 0.235 e. The van der Waals surface area contributed by atoms with Gasteiger partial charge in [-0.15, -0.1) is 10.2 Å². The number of carbonyl (C=O) groups is 1. The molecule has 0 radical (unpaired) electrons. The standard InChI is InChI=1S/C17H24N4OS/c1-6-10-21-15(14-9-7-8-12(2)11-14)18-19-17(21)23-13(3)16(22)20(4)5/h7-9,11,13H,6,10H2,1-5H3. The maximum atomic E-state index is 12.1. The molecule has 1 unspecified atom stereocenters. The van der Waals surface area contributed by atoms with Crippen LogP contribution in [0.15, 0.2) is 29.4 Å². The second kappa shape index (κ2) is 7.64. The Hall–Kier alpha value is -1.82. The molecule has 1 heterocycles. The zero-order chi connectivity index (χ0) is 17.0. The van der Waals surface area contributed by atoms with Gasteiger partial charge in [-0.2, -0.15) is 0 Å². The van der Waals surface area contributed by atoms with Crippen molar-refractivity contribution in [2.45, 2.75) is 44.1 Å². The van der Waals surface area contributed by atoms with Gasteiger partial charge in [-0.3, -0.25) is 4.79 Å². The Labute approximate surface area is 142 Å². The van der Waals surface area contributed by atoms with Gasteiger partial charge in [0, 0.05) is 26.2 Å². The van der Waals surface area contributed by atoms with Crippen molar-refractivity contribution in [3.63, 3.8) is 0 Å². The minimum Gasteiger partial charge on any atom is -0.348 e. The molecule has 2 rings (SSSR count). The largest absolute Gasteiger partial charge is 0.348 e. The lowest BCUT2D eigenvalue weighted by atomic mass is 10.1. The van der Waals surface area contributed by atoms with Crippen molar-refractivity contribution in [2.75, 3.05) is 14.1 Å². The minimum absolute atomic E-state index is 0.0816. The summed E-state index contributed by atoms with van der Waals surface area (Å²) in [7, 11) is 3.54. The summed E-state index contributed by atoms with van der Waals surface area (Å²) in [5.74, 6) is 0.945. The third kappa shape index (κ3) is 4.13. The Bertz CT molecular complexity index is 681. The second-order valence-corrected chi connectivity index (χ2v) is 7.13. The van der Waals surface area contributed by atoms with Crippen molar-refractivity contribution in [3.05, 3.63) is 29.8 Å². The average molecular weight is 332 g/mol. The van der Waals surface area contributed by atoms with E-state index in [1.54, 1.807) is 19.0 Å². The summed E-state index contributed by atoms with van der Waals surface area (Å²) in [5, 5.41) is 9.31. The highest BCUT2D eigenvalue weighted by atomic mass is 32.2. The summed E-state index contributed by atoms with van der Waals surface area (Å²) in [5.41, 5.74) is 2.25. The van der Waals surface area contributed by atoms with Gasteiger partial charge in [0.25, 0.3) is 0 Å². The molecule has 5 nitrogen and oxygen atoms in total. The number of thioether (sulfide) groups is 1. The van der Waals surface area contributed by atoms with Gasteiger partial charge >= 0.3 is 0 Å². The number of carbonyl (C=O) groups excluding carboxylic acids is 1. The van der Waals surface area contributed by atoms with Crippen LogP contribution in [-0.2, 0) is 11.3 Å². The summed E-state index contributed by atoms with van der Waals surface area (Å²) in [4.78, 5) is 13.7. The maximum absolute atomic E-state index is 12.1. The van der Waals surface area contributed by atoms with Crippen LogP contribution in [0.3, 0.4) is 0 Å². The number of hydrogen-bond acceptors (Lipinski definition) is 4. The molecule has 0 aliphatic rings. The monoisotopic (exact) mass is 332 g/mol. The number of benzene rings is 1. The van der Waals surface area contributed by atoms with Crippen LogP contribution >= 0.6 is 11.8 Å². The third-order valence-corrected chi connectivity index (χ3v) is 4.58. The second-order valence-electron chi connectivity index (χ2n) is 5.82. The van der Waals surface area contributed by atoms with Gasteiger partial charge in [-0.25, -0.2) is 0 Å². The Morgan fingerprint density at radius 1 is 1.35 bits per heavy atom. The number of aryl methyl sites for hydroxylation is 1. The maximum Gasteiger partial charge on any atom is 0.235 e. The van der Waals surface area contributed by atoms with Crippen molar-refractivity contribution < 1.29 is 4.79 Å². The Kier molecular flexibility index (Phi) is 5.82. The first-order valence-corrected chi connectivity index (χ1v) is 8.70. The molecule has 2 aromatic rings. The van der Waals surface area contributed by atoms with E-state index in [2.05, 4.69) is 40.7 Å². The highest BCUT2D eigenvalue weighted by Crippen LogP contribution is 2.28. The van der Waals surface area contributed by atoms with E-state index in [-0.39, 0.29) is 11.2 Å². The van der Waals surface area contributed by atoms with Gasteiger partial charge < -0.3 is 9.47 Å². The first-order valence-electron chi connectivity index (χ1n) is 7.82. The van der Waals surface area contributed by atoms with Crippen LogP contribution < -0.4 is 0 Å². The van der Waals surface area contributed by atoms with E-state index in [0.717, 1.165) is 29.5 Å². The fraction of sp³-hybridized carbons (Fsp3) is 0.471. The number of nitrogens with zero attached hydrogens (tertiary/aromatic N) is 4. The molecule has 1 amide bonds. The normalized spacial score (nSPS) is 12.2. The Morgan fingerprint density at radius 2 is 2.09 bits per heavy atom. The average Bonchev–Trinajstić information content (AvgIpc) is 2.89. The molecule has 1 aromatic carbocycles. The van der Waals surface area contributed by atoms with Gasteiger partial charge in [-0.1, -0.05) is 42.4 Å².